The molecule has 0 aliphatic heterocycles. The van der Waals surface area contributed by atoms with E-state index in [1.807, 2.05) is 0 Å². The summed E-state index contributed by atoms with van der Waals surface area (Å²) >= 11 is 0. The third-order valence-electron chi connectivity index (χ3n) is 3.41. The molecular formula is C12H25NO2. The van der Waals surface area contributed by atoms with Crippen LogP contribution in [0.15, 0.2) is 0 Å². The molecule has 15 heavy (non-hydrogen) atoms. The lowest BCUT2D eigenvalue weighted by atomic mass is 9.83. The van der Waals surface area contributed by atoms with E-state index in [0.717, 1.165) is 18.4 Å². The quantitative estimate of drug-likeness (QED) is 0.645. The highest BCUT2D eigenvalue weighted by atomic mass is 16.3. The van der Waals surface area contributed by atoms with Gasteiger partial charge in [-0.05, 0) is 38.1 Å². The van der Waals surface area contributed by atoms with Gasteiger partial charge in [0.15, 0.2) is 0 Å². The van der Waals surface area contributed by atoms with Crippen LogP contribution in [-0.2, 0) is 0 Å². The number of nitrogens with one attached hydrogen (secondary N) is 1. The second-order valence-corrected chi connectivity index (χ2v) is 5.41. The van der Waals surface area contributed by atoms with Crippen molar-refractivity contribution >= 4 is 0 Å². The van der Waals surface area contributed by atoms with E-state index in [0.29, 0.717) is 6.54 Å². The summed E-state index contributed by atoms with van der Waals surface area (Å²) in [6, 6.07) is 0. The monoisotopic (exact) mass is 215 g/mol. The van der Waals surface area contributed by atoms with Crippen molar-refractivity contribution in [3.63, 3.8) is 0 Å². The third kappa shape index (κ3) is 4.96. The Morgan fingerprint density at radius 3 is 2.40 bits per heavy atom. The first kappa shape index (κ1) is 12.9. The van der Waals surface area contributed by atoms with E-state index in [1.54, 1.807) is 6.92 Å². The van der Waals surface area contributed by atoms with Crippen molar-refractivity contribution in [2.75, 3.05) is 19.7 Å². The first-order chi connectivity index (χ1) is 7.03. The Kier molecular flexibility index (Phi) is 5.03. The number of hydrogen-bond acceptors (Lipinski definition) is 3. The maximum atomic E-state index is 9.58. The molecule has 1 aliphatic carbocycles. The summed E-state index contributed by atoms with van der Waals surface area (Å²) in [4.78, 5) is 0. The van der Waals surface area contributed by atoms with Gasteiger partial charge in [-0.1, -0.05) is 19.8 Å². The van der Waals surface area contributed by atoms with Crippen molar-refractivity contribution in [1.82, 2.24) is 5.32 Å². The van der Waals surface area contributed by atoms with E-state index in [-0.39, 0.29) is 6.61 Å². The number of aliphatic hydroxyl groups is 2. The predicted octanol–water partition coefficient (Wildman–Crippen LogP) is 1.15. The Hall–Kier alpha value is -0.120. The maximum Gasteiger partial charge on any atom is 0.0972 e. The smallest absolute Gasteiger partial charge is 0.0972 e. The summed E-state index contributed by atoms with van der Waals surface area (Å²) in [5.41, 5.74) is -0.970. The van der Waals surface area contributed by atoms with Crippen LogP contribution in [0.2, 0.25) is 0 Å². The standard InChI is InChI=1S/C12H25NO2/c1-10-3-5-11(6-4-10)7-13-8-12(2,15)9-14/h10-11,13-15H,3-9H2,1-2H3. The molecule has 3 N–H and O–H groups in total. The third-order valence-corrected chi connectivity index (χ3v) is 3.41. The van der Waals surface area contributed by atoms with Gasteiger partial charge < -0.3 is 15.5 Å². The molecule has 1 unspecified atom stereocenters. The normalized spacial score (nSPS) is 31.2. The van der Waals surface area contributed by atoms with Crippen LogP contribution < -0.4 is 5.32 Å². The Morgan fingerprint density at radius 1 is 1.27 bits per heavy atom. The molecule has 3 nitrogen and oxygen atoms in total. The largest absolute Gasteiger partial charge is 0.393 e. The molecule has 3 heteroatoms. The van der Waals surface area contributed by atoms with Gasteiger partial charge in [-0.2, -0.15) is 0 Å². The lowest BCUT2D eigenvalue weighted by Crippen LogP contribution is -2.42. The molecule has 0 radical (unpaired) electrons. The van der Waals surface area contributed by atoms with E-state index >= 15 is 0 Å². The molecular weight excluding hydrogens is 190 g/mol. The van der Waals surface area contributed by atoms with Crippen LogP contribution in [-0.4, -0.2) is 35.5 Å². The summed E-state index contributed by atoms with van der Waals surface area (Å²) in [6.45, 7) is 5.25. The van der Waals surface area contributed by atoms with Gasteiger partial charge in [0.2, 0.25) is 0 Å². The fourth-order valence-corrected chi connectivity index (χ4v) is 2.13. The molecule has 0 saturated heterocycles. The summed E-state index contributed by atoms with van der Waals surface area (Å²) in [6.07, 6.45) is 5.27. The molecule has 1 rings (SSSR count). The summed E-state index contributed by atoms with van der Waals surface area (Å²) in [5.74, 6) is 1.65. The molecule has 0 bridgehead atoms. The van der Waals surface area contributed by atoms with Gasteiger partial charge >= 0.3 is 0 Å². The highest BCUT2D eigenvalue weighted by Gasteiger charge is 2.21. The molecule has 0 aromatic carbocycles. The zero-order chi connectivity index (χ0) is 11.3. The van der Waals surface area contributed by atoms with Crippen LogP contribution in [0.25, 0.3) is 0 Å². The number of hydrogen-bond donors (Lipinski definition) is 3. The van der Waals surface area contributed by atoms with Crippen molar-refractivity contribution in [3.8, 4) is 0 Å². The minimum absolute atomic E-state index is 0.179. The van der Waals surface area contributed by atoms with Crippen molar-refractivity contribution in [2.24, 2.45) is 11.8 Å². The van der Waals surface area contributed by atoms with Crippen LogP contribution in [0, 0.1) is 11.8 Å². The molecule has 0 heterocycles. The van der Waals surface area contributed by atoms with Crippen molar-refractivity contribution in [1.29, 1.82) is 0 Å². The van der Waals surface area contributed by atoms with E-state index in [9.17, 15) is 5.11 Å². The predicted molar refractivity (Wildman–Crippen MR) is 61.7 cm³/mol. The molecule has 1 atom stereocenters. The lowest BCUT2D eigenvalue weighted by molar-refractivity contribution is 0.00188. The molecule has 0 aromatic rings. The fourth-order valence-electron chi connectivity index (χ4n) is 2.13. The first-order valence-corrected chi connectivity index (χ1v) is 6.07. The molecule has 0 amide bonds. The van der Waals surface area contributed by atoms with Gasteiger partial charge in [0.05, 0.1) is 12.2 Å². The Bertz CT molecular complexity index is 174. The van der Waals surface area contributed by atoms with Gasteiger partial charge in [0.1, 0.15) is 0 Å². The van der Waals surface area contributed by atoms with Crippen LogP contribution in [0.3, 0.4) is 0 Å². The molecule has 1 saturated carbocycles. The SMILES string of the molecule is CC1CCC(CNCC(C)(O)CO)CC1. The maximum absolute atomic E-state index is 9.58. The van der Waals surface area contributed by atoms with E-state index in [2.05, 4.69) is 12.2 Å². The molecule has 90 valence electrons. The van der Waals surface area contributed by atoms with Gasteiger partial charge in [0, 0.05) is 6.54 Å². The van der Waals surface area contributed by atoms with E-state index in [4.69, 9.17) is 5.11 Å². The van der Waals surface area contributed by atoms with Crippen LogP contribution >= 0.6 is 0 Å². The molecule has 1 aliphatic rings. The highest BCUT2D eigenvalue weighted by molar-refractivity contribution is 4.77. The van der Waals surface area contributed by atoms with Crippen LogP contribution in [0.1, 0.15) is 39.5 Å². The van der Waals surface area contributed by atoms with Crippen molar-refractivity contribution < 1.29 is 10.2 Å². The van der Waals surface area contributed by atoms with Gasteiger partial charge in [-0.15, -0.1) is 0 Å². The molecule has 0 spiro atoms. The fraction of sp³-hybridized carbons (Fsp3) is 1.00. The van der Waals surface area contributed by atoms with Gasteiger partial charge in [0.25, 0.3) is 0 Å². The van der Waals surface area contributed by atoms with Gasteiger partial charge in [-0.3, -0.25) is 0 Å². The Balaban J connectivity index is 2.10. The zero-order valence-electron chi connectivity index (χ0n) is 10.00. The van der Waals surface area contributed by atoms with Crippen LogP contribution in [0.4, 0.5) is 0 Å². The molecule has 0 aromatic heterocycles. The average Bonchev–Trinajstić information content (AvgIpc) is 2.21. The molecule has 1 fully saturated rings. The first-order valence-electron chi connectivity index (χ1n) is 6.07. The topological polar surface area (TPSA) is 52.5 Å². The minimum Gasteiger partial charge on any atom is -0.393 e. The summed E-state index contributed by atoms with van der Waals surface area (Å²) in [5, 5.41) is 21.7. The summed E-state index contributed by atoms with van der Waals surface area (Å²) in [7, 11) is 0. The van der Waals surface area contributed by atoms with Gasteiger partial charge in [-0.25, -0.2) is 0 Å². The summed E-state index contributed by atoms with van der Waals surface area (Å²) < 4.78 is 0. The second-order valence-electron chi connectivity index (χ2n) is 5.41. The average molecular weight is 215 g/mol. The second kappa shape index (κ2) is 5.83. The lowest BCUT2D eigenvalue weighted by Gasteiger charge is -2.28. The Morgan fingerprint density at radius 2 is 1.87 bits per heavy atom. The van der Waals surface area contributed by atoms with E-state index < -0.39 is 5.60 Å². The van der Waals surface area contributed by atoms with Crippen molar-refractivity contribution in [2.45, 2.75) is 45.1 Å². The van der Waals surface area contributed by atoms with E-state index in [1.165, 1.54) is 25.7 Å². The number of aliphatic hydroxyl groups excluding tert-OH is 1. The Labute approximate surface area is 92.9 Å². The van der Waals surface area contributed by atoms with Crippen LogP contribution in [0.5, 0.6) is 0 Å². The van der Waals surface area contributed by atoms with Crippen molar-refractivity contribution in [3.05, 3.63) is 0 Å². The minimum atomic E-state index is -0.970. The highest BCUT2D eigenvalue weighted by Crippen LogP contribution is 2.27. The zero-order valence-corrected chi connectivity index (χ0v) is 10.00. The number of rotatable bonds is 5.